The minimum Gasteiger partial charge on any atom is -0.507 e. The predicted octanol–water partition coefficient (Wildman–Crippen LogP) is 2.71. The number of ether oxygens (including phenoxy) is 1. The first-order chi connectivity index (χ1) is 14.5. The quantitative estimate of drug-likeness (QED) is 0.594. The van der Waals surface area contributed by atoms with Crippen LogP contribution in [0.4, 0.5) is 5.95 Å². The average molecular weight is 444 g/mol. The summed E-state index contributed by atoms with van der Waals surface area (Å²) in [5, 5.41) is 22.7. The third-order valence-corrected chi connectivity index (χ3v) is 5.01. The highest BCUT2D eigenvalue weighted by molar-refractivity contribution is 5.85. The Morgan fingerprint density at radius 1 is 1.13 bits per heavy atom. The normalized spacial score (nSPS) is 15.7. The van der Waals surface area contributed by atoms with E-state index < -0.39 is 0 Å². The van der Waals surface area contributed by atoms with E-state index in [4.69, 9.17) is 4.74 Å². The predicted molar refractivity (Wildman–Crippen MR) is 121 cm³/mol. The number of nitrogens with one attached hydrogen (secondary N) is 1. The lowest BCUT2D eigenvalue weighted by Gasteiger charge is -2.18. The summed E-state index contributed by atoms with van der Waals surface area (Å²) in [6.07, 6.45) is 4.13. The van der Waals surface area contributed by atoms with Crippen molar-refractivity contribution in [2.75, 3.05) is 25.1 Å². The van der Waals surface area contributed by atoms with Gasteiger partial charge in [-0.1, -0.05) is 19.9 Å². The number of rotatable bonds is 6. The Morgan fingerprint density at radius 2 is 1.97 bits per heavy atom. The number of phenols is 1. The van der Waals surface area contributed by atoms with E-state index in [0.717, 1.165) is 25.1 Å². The summed E-state index contributed by atoms with van der Waals surface area (Å²) < 4.78 is 5.13. The van der Waals surface area contributed by atoms with E-state index in [2.05, 4.69) is 49.2 Å². The molecule has 4 rings (SSSR count). The molecule has 10 heteroatoms. The highest BCUT2D eigenvalue weighted by atomic mass is 35.5. The Balaban J connectivity index is 0.00000272. The smallest absolute Gasteiger partial charge is 0.245 e. The van der Waals surface area contributed by atoms with Crippen molar-refractivity contribution in [2.24, 2.45) is 0 Å². The maximum Gasteiger partial charge on any atom is 0.245 e. The molecule has 3 heterocycles. The molecule has 0 spiro atoms. The molecule has 2 N–H and O–H groups in total. The maximum atomic E-state index is 10.5. The number of aromatic hydroxyl groups is 1. The second kappa shape index (κ2) is 9.84. The molecule has 0 bridgehead atoms. The van der Waals surface area contributed by atoms with Gasteiger partial charge in [-0.3, -0.25) is 0 Å². The van der Waals surface area contributed by atoms with Crippen LogP contribution in [0.1, 0.15) is 20.3 Å². The van der Waals surface area contributed by atoms with E-state index >= 15 is 0 Å². The fourth-order valence-electron chi connectivity index (χ4n) is 3.60. The topological polar surface area (TPSA) is 109 Å². The largest absolute Gasteiger partial charge is 0.507 e. The molecule has 1 fully saturated rings. The van der Waals surface area contributed by atoms with Crippen LogP contribution in [0.25, 0.3) is 22.5 Å². The summed E-state index contributed by atoms with van der Waals surface area (Å²) in [5.74, 6) is 1.15. The number of benzene rings is 1. The number of phenolic OH excluding ortho intramolecular Hbond substituents is 1. The summed E-state index contributed by atoms with van der Waals surface area (Å²) >= 11 is 0. The Bertz CT molecular complexity index is 1020. The maximum absolute atomic E-state index is 10.5. The lowest BCUT2D eigenvalue weighted by molar-refractivity contribution is 0.397. The van der Waals surface area contributed by atoms with E-state index in [1.807, 2.05) is 6.07 Å². The van der Waals surface area contributed by atoms with Gasteiger partial charge in [-0.2, -0.15) is 0 Å². The number of nitrogens with zero attached hydrogens (tertiary/aromatic N) is 6. The van der Waals surface area contributed by atoms with Gasteiger partial charge in [0.25, 0.3) is 0 Å². The van der Waals surface area contributed by atoms with Gasteiger partial charge in [0, 0.05) is 42.4 Å². The van der Waals surface area contributed by atoms with Crippen LogP contribution >= 0.6 is 12.4 Å². The van der Waals surface area contributed by atoms with Crippen molar-refractivity contribution in [3.63, 3.8) is 0 Å². The second-order valence-electron chi connectivity index (χ2n) is 7.57. The molecule has 0 saturated carbocycles. The molecule has 9 nitrogen and oxygen atoms in total. The van der Waals surface area contributed by atoms with Crippen molar-refractivity contribution in [1.82, 2.24) is 30.5 Å². The van der Waals surface area contributed by atoms with Gasteiger partial charge in [-0.05, 0) is 18.6 Å². The molecule has 2 aromatic heterocycles. The summed E-state index contributed by atoms with van der Waals surface area (Å²) in [5.41, 5.74) is 2.48. The SMILES string of the molecule is COc1cc(-c2ccc(-c3cnc(N4CCC(NC(C)C)C4)nn3)c(O)c2)ncn1.Cl. The molecule has 0 radical (unpaired) electrons. The first-order valence-electron chi connectivity index (χ1n) is 9.94. The zero-order valence-corrected chi connectivity index (χ0v) is 18.5. The summed E-state index contributed by atoms with van der Waals surface area (Å²) in [6.45, 7) is 6.05. The molecule has 0 aliphatic carbocycles. The molecular weight excluding hydrogens is 418 g/mol. The molecule has 1 unspecified atom stereocenters. The molecule has 1 aromatic carbocycles. The molecule has 0 amide bonds. The molecule has 1 aliphatic rings. The molecule has 1 aliphatic heterocycles. The third kappa shape index (κ3) is 5.18. The Labute approximate surface area is 187 Å². The van der Waals surface area contributed by atoms with Gasteiger partial charge in [0.2, 0.25) is 11.8 Å². The van der Waals surface area contributed by atoms with E-state index in [1.165, 1.54) is 6.33 Å². The lowest BCUT2D eigenvalue weighted by Crippen LogP contribution is -2.37. The van der Waals surface area contributed by atoms with Gasteiger partial charge in [0.1, 0.15) is 17.8 Å². The van der Waals surface area contributed by atoms with E-state index in [9.17, 15) is 5.11 Å². The number of anilines is 1. The van der Waals surface area contributed by atoms with E-state index in [1.54, 1.807) is 31.5 Å². The monoisotopic (exact) mass is 443 g/mol. The summed E-state index contributed by atoms with van der Waals surface area (Å²) in [6, 6.07) is 7.87. The van der Waals surface area contributed by atoms with Crippen LogP contribution < -0.4 is 15.0 Å². The van der Waals surface area contributed by atoms with Crippen molar-refractivity contribution >= 4 is 18.4 Å². The van der Waals surface area contributed by atoms with Gasteiger partial charge in [0.15, 0.2) is 0 Å². The van der Waals surface area contributed by atoms with E-state index in [-0.39, 0.29) is 18.2 Å². The molecule has 1 atom stereocenters. The van der Waals surface area contributed by atoms with Gasteiger partial charge < -0.3 is 20.1 Å². The van der Waals surface area contributed by atoms with Crippen molar-refractivity contribution in [3.8, 4) is 34.1 Å². The minimum atomic E-state index is 0. The molecular formula is C21H26ClN7O2. The first kappa shape index (κ1) is 22.6. The van der Waals surface area contributed by atoms with Crippen LogP contribution in [0, 0.1) is 0 Å². The zero-order chi connectivity index (χ0) is 21.1. The van der Waals surface area contributed by atoms with Crippen LogP contribution in [0.2, 0.25) is 0 Å². The average Bonchev–Trinajstić information content (AvgIpc) is 3.21. The highest BCUT2D eigenvalue weighted by Gasteiger charge is 2.25. The minimum absolute atomic E-state index is 0. The van der Waals surface area contributed by atoms with Crippen LogP contribution in [0.3, 0.4) is 0 Å². The van der Waals surface area contributed by atoms with Crippen LogP contribution in [-0.4, -0.2) is 62.5 Å². The van der Waals surface area contributed by atoms with Gasteiger partial charge in [0.05, 0.1) is 19.0 Å². The van der Waals surface area contributed by atoms with Crippen molar-refractivity contribution in [3.05, 3.63) is 36.8 Å². The molecule has 164 valence electrons. The fraction of sp³-hybridized carbons (Fsp3) is 0.381. The second-order valence-corrected chi connectivity index (χ2v) is 7.57. The third-order valence-electron chi connectivity index (χ3n) is 5.01. The van der Waals surface area contributed by atoms with Crippen molar-refractivity contribution < 1.29 is 9.84 Å². The van der Waals surface area contributed by atoms with Crippen molar-refractivity contribution in [2.45, 2.75) is 32.4 Å². The van der Waals surface area contributed by atoms with Crippen LogP contribution in [-0.2, 0) is 0 Å². The lowest BCUT2D eigenvalue weighted by atomic mass is 10.1. The standard InChI is InChI=1S/C21H25N7O2.ClH/c1-13(2)25-15-6-7-28(11-15)21-22-10-18(26-27-21)16-5-4-14(8-19(16)29)17-9-20(30-3)24-12-23-17;/h4-5,8-10,12-13,15,25,29H,6-7,11H2,1-3H3;1H. The number of hydrogen-bond donors (Lipinski definition) is 2. The van der Waals surface area contributed by atoms with Gasteiger partial charge in [-0.15, -0.1) is 22.6 Å². The number of aromatic nitrogens is 5. The molecule has 31 heavy (non-hydrogen) atoms. The molecule has 1 saturated heterocycles. The Kier molecular flexibility index (Phi) is 7.19. The Hall–Kier alpha value is -3.04. The molecule has 3 aromatic rings. The van der Waals surface area contributed by atoms with Crippen LogP contribution in [0.5, 0.6) is 11.6 Å². The Morgan fingerprint density at radius 3 is 2.65 bits per heavy atom. The summed E-state index contributed by atoms with van der Waals surface area (Å²) in [4.78, 5) is 14.8. The fourth-order valence-corrected chi connectivity index (χ4v) is 3.60. The van der Waals surface area contributed by atoms with Crippen LogP contribution in [0.15, 0.2) is 36.8 Å². The number of halogens is 1. The van der Waals surface area contributed by atoms with Gasteiger partial charge in [-0.25, -0.2) is 15.0 Å². The zero-order valence-electron chi connectivity index (χ0n) is 17.7. The van der Waals surface area contributed by atoms with E-state index in [0.29, 0.717) is 40.9 Å². The highest BCUT2D eigenvalue weighted by Crippen LogP contribution is 2.32. The number of hydrogen-bond acceptors (Lipinski definition) is 9. The number of methoxy groups -OCH3 is 1. The first-order valence-corrected chi connectivity index (χ1v) is 9.94. The summed E-state index contributed by atoms with van der Waals surface area (Å²) in [7, 11) is 1.55. The van der Waals surface area contributed by atoms with Gasteiger partial charge >= 0.3 is 0 Å². The van der Waals surface area contributed by atoms with Crippen molar-refractivity contribution in [1.29, 1.82) is 0 Å².